The van der Waals surface area contributed by atoms with Crippen molar-refractivity contribution in [3.63, 3.8) is 0 Å². The third-order valence-corrected chi connectivity index (χ3v) is 2.73. The van der Waals surface area contributed by atoms with Gasteiger partial charge in [-0.3, -0.25) is 9.69 Å². The highest BCUT2D eigenvalue weighted by atomic mass is 16.5. The Morgan fingerprint density at radius 2 is 2.19 bits per heavy atom. The zero-order chi connectivity index (χ0) is 12.0. The number of nitrogens with zero attached hydrogens (tertiary/aromatic N) is 1. The van der Waals surface area contributed by atoms with Gasteiger partial charge in [0, 0.05) is 12.6 Å². The van der Waals surface area contributed by atoms with Crippen molar-refractivity contribution in [1.29, 1.82) is 0 Å². The second kappa shape index (κ2) is 6.86. The van der Waals surface area contributed by atoms with Gasteiger partial charge in [-0.15, -0.1) is 0 Å². The summed E-state index contributed by atoms with van der Waals surface area (Å²) in [6.07, 6.45) is 3.06. The number of carbonyl (C=O) groups excluding carboxylic acids is 1. The molecule has 1 unspecified atom stereocenters. The van der Waals surface area contributed by atoms with E-state index in [1.807, 2.05) is 0 Å². The lowest BCUT2D eigenvalue weighted by molar-refractivity contribution is -0.145. The number of aliphatic hydroxyl groups is 1. The van der Waals surface area contributed by atoms with Gasteiger partial charge in [-0.1, -0.05) is 6.92 Å². The molecule has 1 aliphatic rings. The molecule has 1 atom stereocenters. The highest BCUT2D eigenvalue weighted by Gasteiger charge is 2.29. The van der Waals surface area contributed by atoms with Crippen LogP contribution < -0.4 is 0 Å². The molecule has 0 heterocycles. The Labute approximate surface area is 97.6 Å². The van der Waals surface area contributed by atoms with E-state index in [4.69, 9.17) is 4.74 Å². The summed E-state index contributed by atoms with van der Waals surface area (Å²) in [5.41, 5.74) is 0. The molecule has 94 valence electrons. The molecule has 0 aromatic carbocycles. The van der Waals surface area contributed by atoms with Crippen molar-refractivity contribution in [3.8, 4) is 0 Å². The normalized spacial score (nSPS) is 17.5. The minimum atomic E-state index is -0.591. The largest absolute Gasteiger partial charge is 0.466 e. The maximum absolute atomic E-state index is 11.2. The highest BCUT2D eigenvalue weighted by Crippen LogP contribution is 2.27. The lowest BCUT2D eigenvalue weighted by Crippen LogP contribution is -2.36. The molecule has 0 aliphatic heterocycles. The topological polar surface area (TPSA) is 49.8 Å². The zero-order valence-electron chi connectivity index (χ0n) is 10.3. The van der Waals surface area contributed by atoms with Crippen LogP contribution in [0.15, 0.2) is 0 Å². The van der Waals surface area contributed by atoms with Gasteiger partial charge >= 0.3 is 5.97 Å². The van der Waals surface area contributed by atoms with E-state index in [0.29, 0.717) is 19.2 Å². The first-order valence-corrected chi connectivity index (χ1v) is 6.25. The number of ether oxygens (including phenoxy) is 1. The second-order valence-electron chi connectivity index (χ2n) is 4.39. The van der Waals surface area contributed by atoms with Gasteiger partial charge in [-0.2, -0.15) is 0 Å². The first kappa shape index (κ1) is 13.5. The summed E-state index contributed by atoms with van der Waals surface area (Å²) < 4.78 is 4.81. The minimum absolute atomic E-state index is 0.112. The van der Waals surface area contributed by atoms with Crippen molar-refractivity contribution >= 4 is 5.97 Å². The van der Waals surface area contributed by atoms with E-state index >= 15 is 0 Å². The molecule has 0 saturated heterocycles. The molecule has 0 bridgehead atoms. The number of esters is 1. The van der Waals surface area contributed by atoms with Crippen LogP contribution in [0.5, 0.6) is 0 Å². The smallest absolute Gasteiger partial charge is 0.308 e. The molecule has 0 amide bonds. The molecule has 1 saturated carbocycles. The Hall–Kier alpha value is -0.610. The molecule has 1 fully saturated rings. The fourth-order valence-electron chi connectivity index (χ4n) is 1.90. The van der Waals surface area contributed by atoms with E-state index < -0.39 is 6.10 Å². The quantitative estimate of drug-likeness (QED) is 0.635. The van der Waals surface area contributed by atoms with Crippen LogP contribution in [0, 0.1) is 0 Å². The average Bonchev–Trinajstić information content (AvgIpc) is 3.00. The molecule has 1 rings (SSSR count). The first-order chi connectivity index (χ1) is 7.67. The molecule has 4 heteroatoms. The molecule has 1 aliphatic carbocycles. The van der Waals surface area contributed by atoms with E-state index in [1.54, 1.807) is 6.92 Å². The Balaban J connectivity index is 2.24. The third-order valence-electron chi connectivity index (χ3n) is 2.73. The SMILES string of the molecule is CCCN(CC(O)CC(=O)OCC)C1CC1. The molecule has 0 aromatic rings. The summed E-state index contributed by atoms with van der Waals surface area (Å²) in [6, 6.07) is 0.636. The predicted molar refractivity (Wildman–Crippen MR) is 62.1 cm³/mol. The Morgan fingerprint density at radius 3 is 2.69 bits per heavy atom. The van der Waals surface area contributed by atoms with Gasteiger partial charge in [0.05, 0.1) is 19.1 Å². The Morgan fingerprint density at radius 1 is 1.50 bits per heavy atom. The molecule has 4 nitrogen and oxygen atoms in total. The van der Waals surface area contributed by atoms with E-state index in [0.717, 1.165) is 13.0 Å². The molecule has 1 N–H and O–H groups in total. The van der Waals surface area contributed by atoms with Crippen LogP contribution in [0.4, 0.5) is 0 Å². The van der Waals surface area contributed by atoms with Crippen LogP contribution in [0.2, 0.25) is 0 Å². The number of rotatable bonds is 8. The summed E-state index contributed by atoms with van der Waals surface area (Å²) in [4.78, 5) is 13.5. The fourth-order valence-corrected chi connectivity index (χ4v) is 1.90. The molecule has 0 radical (unpaired) electrons. The van der Waals surface area contributed by atoms with Gasteiger partial charge in [-0.05, 0) is 32.7 Å². The summed E-state index contributed by atoms with van der Waals surface area (Å²) in [6.45, 7) is 5.89. The van der Waals surface area contributed by atoms with Crippen LogP contribution in [-0.2, 0) is 9.53 Å². The van der Waals surface area contributed by atoms with Gasteiger partial charge < -0.3 is 9.84 Å². The van der Waals surface area contributed by atoms with E-state index in [1.165, 1.54) is 12.8 Å². The Bertz CT molecular complexity index is 216. The van der Waals surface area contributed by atoms with Crippen molar-refractivity contribution in [2.75, 3.05) is 19.7 Å². The van der Waals surface area contributed by atoms with Gasteiger partial charge in [0.1, 0.15) is 0 Å². The summed E-state index contributed by atoms with van der Waals surface area (Å²) in [5.74, 6) is -0.303. The second-order valence-corrected chi connectivity index (χ2v) is 4.39. The maximum Gasteiger partial charge on any atom is 0.308 e. The molecule has 0 aromatic heterocycles. The molecular formula is C12H23NO3. The van der Waals surface area contributed by atoms with Gasteiger partial charge in [0.25, 0.3) is 0 Å². The molecule has 16 heavy (non-hydrogen) atoms. The lowest BCUT2D eigenvalue weighted by Gasteiger charge is -2.23. The summed E-state index contributed by atoms with van der Waals surface area (Å²) in [5, 5.41) is 9.78. The average molecular weight is 229 g/mol. The van der Waals surface area contributed by atoms with E-state index in [-0.39, 0.29) is 12.4 Å². The monoisotopic (exact) mass is 229 g/mol. The lowest BCUT2D eigenvalue weighted by atomic mass is 10.2. The molecular weight excluding hydrogens is 206 g/mol. The molecule has 0 spiro atoms. The third kappa shape index (κ3) is 4.94. The maximum atomic E-state index is 11.2. The first-order valence-electron chi connectivity index (χ1n) is 6.25. The zero-order valence-corrected chi connectivity index (χ0v) is 10.3. The van der Waals surface area contributed by atoms with E-state index in [2.05, 4.69) is 11.8 Å². The van der Waals surface area contributed by atoms with Gasteiger partial charge in [0.15, 0.2) is 0 Å². The fraction of sp³-hybridized carbons (Fsp3) is 0.917. The van der Waals surface area contributed by atoms with Crippen molar-refractivity contribution in [2.45, 2.75) is 51.7 Å². The number of hydrogen-bond acceptors (Lipinski definition) is 4. The summed E-state index contributed by atoms with van der Waals surface area (Å²) in [7, 11) is 0. The van der Waals surface area contributed by atoms with Crippen molar-refractivity contribution in [1.82, 2.24) is 4.90 Å². The van der Waals surface area contributed by atoms with Crippen LogP contribution in [0.25, 0.3) is 0 Å². The number of aliphatic hydroxyl groups excluding tert-OH is 1. The van der Waals surface area contributed by atoms with E-state index in [9.17, 15) is 9.90 Å². The summed E-state index contributed by atoms with van der Waals surface area (Å²) >= 11 is 0. The van der Waals surface area contributed by atoms with Crippen LogP contribution in [0.3, 0.4) is 0 Å². The van der Waals surface area contributed by atoms with Crippen LogP contribution >= 0.6 is 0 Å². The predicted octanol–water partition coefficient (Wildman–Crippen LogP) is 1.17. The van der Waals surface area contributed by atoms with Crippen molar-refractivity contribution in [2.24, 2.45) is 0 Å². The number of hydrogen-bond donors (Lipinski definition) is 1. The van der Waals surface area contributed by atoms with Gasteiger partial charge in [-0.25, -0.2) is 0 Å². The highest BCUT2D eigenvalue weighted by molar-refractivity contribution is 5.69. The van der Waals surface area contributed by atoms with Crippen LogP contribution in [0.1, 0.15) is 39.5 Å². The van der Waals surface area contributed by atoms with Crippen LogP contribution in [-0.4, -0.2) is 47.8 Å². The Kier molecular flexibility index (Phi) is 5.77. The van der Waals surface area contributed by atoms with Gasteiger partial charge in [0.2, 0.25) is 0 Å². The minimum Gasteiger partial charge on any atom is -0.466 e. The standard InChI is InChI=1S/C12H23NO3/c1-3-7-13(10-5-6-10)9-11(14)8-12(15)16-4-2/h10-11,14H,3-9H2,1-2H3. The van der Waals surface area contributed by atoms with Crippen molar-refractivity contribution in [3.05, 3.63) is 0 Å². The van der Waals surface area contributed by atoms with Crippen molar-refractivity contribution < 1.29 is 14.6 Å². The number of carbonyl (C=O) groups is 1.